The van der Waals surface area contributed by atoms with Crippen LogP contribution >= 0.6 is 0 Å². The molecule has 1 saturated carbocycles. The first-order chi connectivity index (χ1) is 16.2. The first-order valence-electron chi connectivity index (χ1n) is 10.5. The van der Waals surface area contributed by atoms with Gasteiger partial charge in [0, 0.05) is 11.6 Å². The standard InChI is InChI=1S/C22H19F3N6O2S/c23-13-6-8-18(16(25)10-13)34(32,33)30-17-7-5-12(9-15(17)24)20-19-21(26)27-11-28-22(19)31(29-20)14-3-1-2-4-14/h5-11,14,30H,1-4H2,(H2,26,27,28). The molecule has 34 heavy (non-hydrogen) atoms. The van der Waals surface area contributed by atoms with Crippen molar-refractivity contribution in [2.75, 3.05) is 10.5 Å². The second-order valence-corrected chi connectivity index (χ2v) is 9.71. The highest BCUT2D eigenvalue weighted by Crippen LogP contribution is 2.37. The van der Waals surface area contributed by atoms with Gasteiger partial charge in [-0.2, -0.15) is 5.10 Å². The maximum atomic E-state index is 15.0. The summed E-state index contributed by atoms with van der Waals surface area (Å²) >= 11 is 0. The predicted octanol–water partition coefficient (Wildman–Crippen LogP) is 4.41. The number of sulfonamides is 1. The lowest BCUT2D eigenvalue weighted by Crippen LogP contribution is -2.15. The molecule has 2 heterocycles. The lowest BCUT2D eigenvalue weighted by Gasteiger charge is -2.11. The molecule has 0 radical (unpaired) electrons. The second kappa shape index (κ2) is 8.28. The molecule has 8 nitrogen and oxygen atoms in total. The van der Waals surface area contributed by atoms with Crippen molar-refractivity contribution in [3.05, 3.63) is 60.2 Å². The fourth-order valence-electron chi connectivity index (χ4n) is 4.24. The van der Waals surface area contributed by atoms with Gasteiger partial charge in [0.1, 0.15) is 40.2 Å². The van der Waals surface area contributed by atoms with Gasteiger partial charge in [0.25, 0.3) is 10.0 Å². The summed E-state index contributed by atoms with van der Waals surface area (Å²) in [5, 5.41) is 5.14. The number of halogens is 3. The Labute approximate surface area is 192 Å². The Hall–Kier alpha value is -3.67. The predicted molar refractivity (Wildman–Crippen MR) is 120 cm³/mol. The van der Waals surface area contributed by atoms with Crippen LogP contribution in [0.2, 0.25) is 0 Å². The highest BCUT2D eigenvalue weighted by molar-refractivity contribution is 7.92. The van der Waals surface area contributed by atoms with Crippen LogP contribution < -0.4 is 10.5 Å². The third-order valence-electron chi connectivity index (χ3n) is 5.86. The molecule has 2 aromatic heterocycles. The van der Waals surface area contributed by atoms with Gasteiger partial charge in [0.15, 0.2) is 5.65 Å². The number of fused-ring (bicyclic) bond motifs is 1. The highest BCUT2D eigenvalue weighted by atomic mass is 32.2. The van der Waals surface area contributed by atoms with E-state index >= 15 is 0 Å². The first kappa shape index (κ1) is 22.1. The van der Waals surface area contributed by atoms with Gasteiger partial charge in [-0.25, -0.2) is 36.2 Å². The molecule has 3 N–H and O–H groups in total. The number of hydrogen-bond acceptors (Lipinski definition) is 6. The molecule has 0 aliphatic heterocycles. The zero-order chi connectivity index (χ0) is 24.0. The third-order valence-corrected chi connectivity index (χ3v) is 7.26. The highest BCUT2D eigenvalue weighted by Gasteiger charge is 2.26. The Balaban J connectivity index is 1.53. The summed E-state index contributed by atoms with van der Waals surface area (Å²) in [7, 11) is -4.50. The molecule has 0 amide bonds. The summed E-state index contributed by atoms with van der Waals surface area (Å²) < 4.78 is 70.9. The number of benzene rings is 2. The van der Waals surface area contributed by atoms with Crippen molar-refractivity contribution in [1.29, 1.82) is 0 Å². The number of nitrogens with one attached hydrogen (secondary N) is 1. The molecule has 0 saturated heterocycles. The Kier molecular flexibility index (Phi) is 5.39. The smallest absolute Gasteiger partial charge is 0.264 e. The molecule has 1 aliphatic carbocycles. The molecule has 176 valence electrons. The zero-order valence-corrected chi connectivity index (χ0v) is 18.5. The Morgan fingerprint density at radius 1 is 1.00 bits per heavy atom. The van der Waals surface area contributed by atoms with E-state index in [4.69, 9.17) is 5.73 Å². The minimum atomic E-state index is -4.50. The largest absolute Gasteiger partial charge is 0.383 e. The maximum absolute atomic E-state index is 15.0. The molecule has 2 aromatic carbocycles. The summed E-state index contributed by atoms with van der Waals surface area (Å²) in [6.07, 6.45) is 5.37. The second-order valence-electron chi connectivity index (χ2n) is 8.06. The third kappa shape index (κ3) is 3.83. The van der Waals surface area contributed by atoms with Gasteiger partial charge in [-0.1, -0.05) is 18.9 Å². The topological polar surface area (TPSA) is 116 Å². The van der Waals surface area contributed by atoms with E-state index in [1.54, 1.807) is 4.68 Å². The molecular formula is C22H19F3N6O2S. The van der Waals surface area contributed by atoms with Crippen molar-refractivity contribution in [2.45, 2.75) is 36.6 Å². The minimum absolute atomic E-state index is 0.145. The number of hydrogen-bond donors (Lipinski definition) is 2. The van der Waals surface area contributed by atoms with Crippen molar-refractivity contribution in [1.82, 2.24) is 19.7 Å². The van der Waals surface area contributed by atoms with Gasteiger partial charge in [0.05, 0.1) is 17.1 Å². The number of nitrogens with two attached hydrogens (primary N) is 1. The van der Waals surface area contributed by atoms with Gasteiger partial charge in [-0.15, -0.1) is 0 Å². The number of aromatic nitrogens is 4. The lowest BCUT2D eigenvalue weighted by molar-refractivity contribution is 0.479. The van der Waals surface area contributed by atoms with E-state index in [9.17, 15) is 21.6 Å². The van der Waals surface area contributed by atoms with E-state index < -0.39 is 38.1 Å². The van der Waals surface area contributed by atoms with E-state index in [0.717, 1.165) is 43.9 Å². The van der Waals surface area contributed by atoms with Crippen LogP contribution in [-0.4, -0.2) is 28.2 Å². The number of rotatable bonds is 5. The van der Waals surface area contributed by atoms with E-state index in [2.05, 4.69) is 15.1 Å². The fourth-order valence-corrected chi connectivity index (χ4v) is 5.37. The number of nitrogens with zero attached hydrogens (tertiary/aromatic N) is 4. The molecular weight excluding hydrogens is 469 g/mol. The average molecular weight is 488 g/mol. The van der Waals surface area contributed by atoms with Crippen LogP contribution in [0.4, 0.5) is 24.7 Å². The van der Waals surface area contributed by atoms with Crippen molar-refractivity contribution < 1.29 is 21.6 Å². The summed E-state index contributed by atoms with van der Waals surface area (Å²) in [5.74, 6) is -2.94. The lowest BCUT2D eigenvalue weighted by atomic mass is 10.1. The summed E-state index contributed by atoms with van der Waals surface area (Å²) in [5.41, 5.74) is 6.95. The number of nitrogen functional groups attached to an aromatic ring is 1. The van der Waals surface area contributed by atoms with Crippen molar-refractivity contribution in [2.24, 2.45) is 0 Å². The van der Waals surface area contributed by atoms with Crippen LogP contribution in [0.3, 0.4) is 0 Å². The molecule has 0 unspecified atom stereocenters. The molecule has 0 spiro atoms. The van der Waals surface area contributed by atoms with Gasteiger partial charge >= 0.3 is 0 Å². The zero-order valence-electron chi connectivity index (χ0n) is 17.7. The van der Waals surface area contributed by atoms with Crippen LogP contribution in [0.25, 0.3) is 22.3 Å². The van der Waals surface area contributed by atoms with Crippen LogP contribution in [0.1, 0.15) is 31.7 Å². The van der Waals surface area contributed by atoms with Gasteiger partial charge in [0.2, 0.25) is 0 Å². The van der Waals surface area contributed by atoms with Crippen molar-refractivity contribution in [3.8, 4) is 11.3 Å². The van der Waals surface area contributed by atoms with Gasteiger partial charge in [-0.3, -0.25) is 4.72 Å². The molecule has 1 aliphatic rings. The summed E-state index contributed by atoms with van der Waals surface area (Å²) in [6, 6.07) is 5.92. The van der Waals surface area contributed by atoms with Gasteiger partial charge in [-0.05, 0) is 37.1 Å². The minimum Gasteiger partial charge on any atom is -0.383 e. The van der Waals surface area contributed by atoms with Crippen LogP contribution in [0, 0.1) is 17.5 Å². The normalized spacial score (nSPS) is 14.7. The monoisotopic (exact) mass is 488 g/mol. The Bertz CT molecular complexity index is 1520. The van der Waals surface area contributed by atoms with E-state index in [-0.39, 0.29) is 11.9 Å². The summed E-state index contributed by atoms with van der Waals surface area (Å²) in [4.78, 5) is 7.56. The number of anilines is 2. The van der Waals surface area contributed by atoms with Gasteiger partial charge < -0.3 is 5.73 Å². The first-order valence-corrected chi connectivity index (χ1v) is 12.0. The molecule has 1 fully saturated rings. The summed E-state index contributed by atoms with van der Waals surface area (Å²) in [6.45, 7) is 0. The van der Waals surface area contributed by atoms with Crippen LogP contribution in [0.15, 0.2) is 47.6 Å². The maximum Gasteiger partial charge on any atom is 0.264 e. The van der Waals surface area contributed by atoms with E-state index in [1.165, 1.54) is 18.5 Å². The molecule has 0 atom stereocenters. The molecule has 0 bridgehead atoms. The van der Waals surface area contributed by atoms with Crippen molar-refractivity contribution >= 4 is 32.6 Å². The SMILES string of the molecule is Nc1ncnc2c1c(-c1ccc(NS(=O)(=O)c3ccc(F)cc3F)c(F)c1)nn2C1CCCC1. The Morgan fingerprint density at radius 2 is 1.76 bits per heavy atom. The molecule has 4 aromatic rings. The van der Waals surface area contributed by atoms with Crippen LogP contribution in [-0.2, 0) is 10.0 Å². The molecule has 5 rings (SSSR count). The van der Waals surface area contributed by atoms with Crippen LogP contribution in [0.5, 0.6) is 0 Å². The van der Waals surface area contributed by atoms with E-state index in [1.807, 2.05) is 4.72 Å². The quantitative estimate of drug-likeness (QED) is 0.430. The Morgan fingerprint density at radius 3 is 2.47 bits per heavy atom. The molecule has 12 heteroatoms. The van der Waals surface area contributed by atoms with E-state index in [0.29, 0.717) is 28.4 Å². The average Bonchev–Trinajstić information content (AvgIpc) is 3.43. The fraction of sp³-hybridized carbons (Fsp3) is 0.227. The van der Waals surface area contributed by atoms with Crippen molar-refractivity contribution in [3.63, 3.8) is 0 Å².